The van der Waals surface area contributed by atoms with Crippen LogP contribution in [0.4, 0.5) is 10.5 Å². The van der Waals surface area contributed by atoms with Crippen LogP contribution in [0.15, 0.2) is 24.3 Å². The first kappa shape index (κ1) is 14.4. The number of nitrogens with one attached hydrogen (secondary N) is 1. The molecule has 6 heteroatoms. The van der Waals surface area contributed by atoms with E-state index in [0.717, 1.165) is 4.90 Å². The van der Waals surface area contributed by atoms with Gasteiger partial charge in [0, 0.05) is 5.69 Å². The summed E-state index contributed by atoms with van der Waals surface area (Å²) in [4.78, 5) is 23.7. The maximum absolute atomic E-state index is 11.9. The summed E-state index contributed by atoms with van der Waals surface area (Å²) < 4.78 is 0. The fourth-order valence-corrected chi connectivity index (χ4v) is 1.35. The third-order valence-corrected chi connectivity index (χ3v) is 2.20. The lowest BCUT2D eigenvalue weighted by atomic mass is 10.3. The van der Waals surface area contributed by atoms with E-state index in [1.165, 1.54) is 24.3 Å². The molecule has 1 rings (SSSR count). The summed E-state index contributed by atoms with van der Waals surface area (Å²) in [5.41, 5.74) is 0.377. The van der Waals surface area contributed by atoms with Crippen molar-refractivity contribution in [2.45, 2.75) is 6.92 Å². The van der Waals surface area contributed by atoms with E-state index in [4.69, 9.17) is 5.11 Å². The summed E-state index contributed by atoms with van der Waals surface area (Å²) in [6.07, 6.45) is 0. The highest BCUT2D eigenvalue weighted by Crippen LogP contribution is 2.18. The normalized spacial score (nSPS) is 9.11. The SMILES string of the molecule is CC#CCNC(=O)N(CC(=O)O)c1ccc(O)cc1. The quantitative estimate of drug-likeness (QED) is 0.706. The van der Waals surface area contributed by atoms with Crippen molar-refractivity contribution in [1.29, 1.82) is 0 Å². The van der Waals surface area contributed by atoms with Gasteiger partial charge in [0.25, 0.3) is 0 Å². The number of aliphatic carboxylic acids is 1. The lowest BCUT2D eigenvalue weighted by Gasteiger charge is -2.20. The molecule has 100 valence electrons. The molecule has 1 aromatic rings. The van der Waals surface area contributed by atoms with Gasteiger partial charge in [-0.15, -0.1) is 5.92 Å². The number of urea groups is 1. The first-order chi connectivity index (χ1) is 9.04. The van der Waals surface area contributed by atoms with Crippen molar-refractivity contribution in [2.24, 2.45) is 0 Å². The number of rotatable bonds is 4. The van der Waals surface area contributed by atoms with Crippen molar-refractivity contribution in [1.82, 2.24) is 5.32 Å². The van der Waals surface area contributed by atoms with Gasteiger partial charge >= 0.3 is 12.0 Å². The van der Waals surface area contributed by atoms with Crippen molar-refractivity contribution < 1.29 is 19.8 Å². The maximum Gasteiger partial charge on any atom is 0.323 e. The second-order valence-corrected chi connectivity index (χ2v) is 3.58. The van der Waals surface area contributed by atoms with Gasteiger partial charge in [-0.1, -0.05) is 5.92 Å². The molecule has 0 radical (unpaired) electrons. The van der Waals surface area contributed by atoms with Gasteiger partial charge in [0.1, 0.15) is 12.3 Å². The van der Waals surface area contributed by atoms with E-state index in [2.05, 4.69) is 17.2 Å². The van der Waals surface area contributed by atoms with E-state index in [9.17, 15) is 14.7 Å². The Hall–Kier alpha value is -2.68. The lowest BCUT2D eigenvalue weighted by Crippen LogP contribution is -2.43. The predicted octanol–water partition coefficient (Wildman–Crippen LogP) is 1.02. The topological polar surface area (TPSA) is 89.9 Å². The van der Waals surface area contributed by atoms with Crippen LogP contribution in [-0.4, -0.2) is 35.3 Å². The fraction of sp³-hybridized carbons (Fsp3) is 0.231. The molecule has 0 saturated carbocycles. The average molecular weight is 262 g/mol. The van der Waals surface area contributed by atoms with Crippen LogP contribution < -0.4 is 10.2 Å². The van der Waals surface area contributed by atoms with Crippen LogP contribution in [0, 0.1) is 11.8 Å². The number of hydrogen-bond acceptors (Lipinski definition) is 3. The molecular formula is C13H14N2O4. The Kier molecular flexibility index (Phi) is 5.23. The Morgan fingerprint density at radius 2 is 1.95 bits per heavy atom. The van der Waals surface area contributed by atoms with Crippen molar-refractivity contribution in [3.8, 4) is 17.6 Å². The van der Waals surface area contributed by atoms with E-state index >= 15 is 0 Å². The number of phenolic OH excluding ortho intramolecular Hbond substituents is 1. The van der Waals surface area contributed by atoms with Crippen molar-refractivity contribution in [2.75, 3.05) is 18.0 Å². The third kappa shape index (κ3) is 4.60. The molecule has 3 N–H and O–H groups in total. The number of amides is 2. The molecule has 0 bridgehead atoms. The van der Waals surface area contributed by atoms with Crippen molar-refractivity contribution >= 4 is 17.7 Å². The second-order valence-electron chi connectivity index (χ2n) is 3.58. The Morgan fingerprint density at radius 1 is 1.32 bits per heavy atom. The number of anilines is 1. The molecule has 19 heavy (non-hydrogen) atoms. The molecule has 6 nitrogen and oxygen atoms in total. The first-order valence-corrected chi connectivity index (χ1v) is 5.50. The van der Waals surface area contributed by atoms with Gasteiger partial charge < -0.3 is 15.5 Å². The number of phenols is 1. The number of aromatic hydroxyl groups is 1. The molecule has 1 aromatic carbocycles. The molecule has 0 aliphatic rings. The monoisotopic (exact) mass is 262 g/mol. The highest BCUT2D eigenvalue weighted by Gasteiger charge is 2.18. The van der Waals surface area contributed by atoms with Gasteiger partial charge in [-0.25, -0.2) is 4.79 Å². The number of hydrogen-bond donors (Lipinski definition) is 3. The van der Waals surface area contributed by atoms with Gasteiger partial charge in [0.15, 0.2) is 0 Å². The zero-order valence-electron chi connectivity index (χ0n) is 10.4. The predicted molar refractivity (Wildman–Crippen MR) is 69.9 cm³/mol. The van der Waals surface area contributed by atoms with E-state index in [1.54, 1.807) is 6.92 Å². The molecule has 0 spiro atoms. The van der Waals surface area contributed by atoms with Gasteiger partial charge in [-0.2, -0.15) is 0 Å². The van der Waals surface area contributed by atoms with Crippen molar-refractivity contribution in [3.05, 3.63) is 24.3 Å². The number of carboxylic acids is 1. The Morgan fingerprint density at radius 3 is 2.47 bits per heavy atom. The molecule has 0 aliphatic carbocycles. The van der Waals surface area contributed by atoms with Crippen LogP contribution >= 0.6 is 0 Å². The van der Waals surface area contributed by atoms with Crippen molar-refractivity contribution in [3.63, 3.8) is 0 Å². The Bertz CT molecular complexity index is 514. The minimum Gasteiger partial charge on any atom is -0.508 e. The minimum absolute atomic E-state index is 0.0382. The fourth-order valence-electron chi connectivity index (χ4n) is 1.35. The summed E-state index contributed by atoms with van der Waals surface area (Å²) in [5.74, 6) is 4.17. The van der Waals surface area contributed by atoms with Crippen LogP contribution in [0.2, 0.25) is 0 Å². The first-order valence-electron chi connectivity index (χ1n) is 5.50. The number of carboxylic acid groups (broad SMARTS) is 1. The highest BCUT2D eigenvalue weighted by molar-refractivity contribution is 5.96. The number of carbonyl (C=O) groups is 2. The summed E-state index contributed by atoms with van der Waals surface area (Å²) in [6.45, 7) is 1.31. The van der Waals surface area contributed by atoms with E-state index in [-0.39, 0.29) is 12.3 Å². The van der Waals surface area contributed by atoms with E-state index in [0.29, 0.717) is 5.69 Å². The minimum atomic E-state index is -1.13. The lowest BCUT2D eigenvalue weighted by molar-refractivity contribution is -0.135. The summed E-state index contributed by atoms with van der Waals surface area (Å²) in [5, 5.41) is 20.5. The smallest absolute Gasteiger partial charge is 0.323 e. The molecular weight excluding hydrogens is 248 g/mol. The molecule has 0 unspecified atom stereocenters. The number of carbonyl (C=O) groups excluding carboxylic acids is 1. The molecule has 0 aliphatic heterocycles. The third-order valence-electron chi connectivity index (χ3n) is 2.20. The largest absolute Gasteiger partial charge is 0.508 e. The molecule has 0 atom stereocenters. The van der Waals surface area contributed by atoms with Gasteiger partial charge in [0.05, 0.1) is 6.54 Å². The Labute approximate surface area is 110 Å². The molecule has 0 saturated heterocycles. The van der Waals surface area contributed by atoms with Crippen LogP contribution in [-0.2, 0) is 4.79 Å². The number of benzene rings is 1. The zero-order chi connectivity index (χ0) is 14.3. The number of nitrogens with zero attached hydrogens (tertiary/aromatic N) is 1. The van der Waals surface area contributed by atoms with Gasteiger partial charge in [-0.3, -0.25) is 9.69 Å². The zero-order valence-corrected chi connectivity index (χ0v) is 10.4. The second kappa shape index (κ2) is 6.91. The van der Waals surface area contributed by atoms with Crippen LogP contribution in [0.3, 0.4) is 0 Å². The van der Waals surface area contributed by atoms with Crippen LogP contribution in [0.1, 0.15) is 6.92 Å². The van der Waals surface area contributed by atoms with Crippen LogP contribution in [0.25, 0.3) is 0 Å². The molecule has 2 amide bonds. The summed E-state index contributed by atoms with van der Waals surface area (Å²) >= 11 is 0. The molecule has 0 aromatic heterocycles. The standard InChI is InChI=1S/C13H14N2O4/c1-2-3-8-14-13(19)15(9-12(17)18)10-4-6-11(16)7-5-10/h4-7,16H,8-9H2,1H3,(H,14,19)(H,17,18). The van der Waals surface area contributed by atoms with Gasteiger partial charge in [-0.05, 0) is 31.2 Å². The van der Waals surface area contributed by atoms with Crippen LogP contribution in [0.5, 0.6) is 5.75 Å². The Balaban J connectivity index is 2.86. The maximum atomic E-state index is 11.9. The summed E-state index contributed by atoms with van der Waals surface area (Å²) in [7, 11) is 0. The van der Waals surface area contributed by atoms with Gasteiger partial charge in [0.2, 0.25) is 0 Å². The molecule has 0 heterocycles. The highest BCUT2D eigenvalue weighted by atomic mass is 16.4. The van der Waals surface area contributed by atoms with E-state index < -0.39 is 18.5 Å². The summed E-state index contributed by atoms with van der Waals surface area (Å²) in [6, 6.07) is 5.12. The van der Waals surface area contributed by atoms with E-state index in [1.807, 2.05) is 0 Å². The molecule has 0 fully saturated rings. The average Bonchev–Trinajstić information content (AvgIpc) is 2.37.